The number of para-hydroxylation sites is 1. The summed E-state index contributed by atoms with van der Waals surface area (Å²) >= 11 is 0. The van der Waals surface area contributed by atoms with Crippen molar-refractivity contribution >= 4 is 11.6 Å². The number of amides is 1. The minimum Gasteiger partial charge on any atom is -0.380 e. The zero-order valence-electron chi connectivity index (χ0n) is 13.6. The molecule has 1 aromatic carbocycles. The van der Waals surface area contributed by atoms with Crippen LogP contribution in [0.2, 0.25) is 0 Å². The molecule has 2 atom stereocenters. The second kappa shape index (κ2) is 6.28. The van der Waals surface area contributed by atoms with Crippen molar-refractivity contribution in [3.63, 3.8) is 0 Å². The Kier molecular flexibility index (Phi) is 3.98. The summed E-state index contributed by atoms with van der Waals surface area (Å²) in [7, 11) is 0. The van der Waals surface area contributed by atoms with Crippen LogP contribution in [0.3, 0.4) is 0 Å². The number of carbonyl (C=O) groups excluding carboxylic acids is 1. The van der Waals surface area contributed by atoms with Crippen molar-refractivity contribution in [2.75, 3.05) is 25.0 Å². The Bertz CT molecular complexity index is 688. The fourth-order valence-electron chi connectivity index (χ4n) is 3.81. The third-order valence-corrected chi connectivity index (χ3v) is 4.91. The Morgan fingerprint density at radius 3 is 3.00 bits per heavy atom. The molecule has 2 aliphatic rings. The number of likely N-dealkylation sites (tertiary alicyclic amines) is 1. The zero-order chi connectivity index (χ0) is 16.4. The van der Waals surface area contributed by atoms with Gasteiger partial charge in [0.1, 0.15) is 5.69 Å². The molecule has 2 N–H and O–H groups in total. The Morgan fingerprint density at radius 2 is 2.21 bits per heavy atom. The number of nitrogens with one attached hydrogen (secondary N) is 2. The summed E-state index contributed by atoms with van der Waals surface area (Å²) in [6, 6.07) is 12.2. The first-order chi connectivity index (χ1) is 11.7. The van der Waals surface area contributed by atoms with Gasteiger partial charge in [0, 0.05) is 24.8 Å². The van der Waals surface area contributed by atoms with Gasteiger partial charge in [0.25, 0.3) is 5.91 Å². The maximum atomic E-state index is 12.6. The average Bonchev–Trinajstić information content (AvgIpc) is 3.26. The lowest BCUT2D eigenvalue weighted by Crippen LogP contribution is -2.50. The molecule has 2 fully saturated rings. The second-order valence-corrected chi connectivity index (χ2v) is 6.71. The van der Waals surface area contributed by atoms with Crippen molar-refractivity contribution in [3.05, 3.63) is 48.3 Å². The molecule has 0 saturated carbocycles. The fraction of sp³-hybridized carbons (Fsp3) is 0.444. The van der Waals surface area contributed by atoms with Gasteiger partial charge in [-0.3, -0.25) is 9.89 Å². The van der Waals surface area contributed by atoms with E-state index in [2.05, 4.69) is 27.6 Å². The van der Waals surface area contributed by atoms with E-state index in [1.165, 1.54) is 0 Å². The van der Waals surface area contributed by atoms with E-state index in [9.17, 15) is 4.79 Å². The third-order valence-electron chi connectivity index (χ3n) is 4.91. The van der Waals surface area contributed by atoms with Crippen molar-refractivity contribution in [3.8, 4) is 0 Å². The predicted molar refractivity (Wildman–Crippen MR) is 90.9 cm³/mol. The lowest BCUT2D eigenvalue weighted by molar-refractivity contribution is -0.0448. The van der Waals surface area contributed by atoms with Crippen LogP contribution in [0.15, 0.2) is 42.6 Å². The fourth-order valence-corrected chi connectivity index (χ4v) is 3.81. The predicted octanol–water partition coefficient (Wildman–Crippen LogP) is 2.29. The minimum absolute atomic E-state index is 0.00893. The van der Waals surface area contributed by atoms with Crippen LogP contribution in [-0.4, -0.2) is 52.3 Å². The van der Waals surface area contributed by atoms with Gasteiger partial charge in [-0.2, -0.15) is 5.10 Å². The van der Waals surface area contributed by atoms with E-state index in [0.29, 0.717) is 18.8 Å². The van der Waals surface area contributed by atoms with E-state index >= 15 is 0 Å². The van der Waals surface area contributed by atoms with E-state index in [1.54, 1.807) is 12.3 Å². The van der Waals surface area contributed by atoms with E-state index in [4.69, 9.17) is 4.74 Å². The lowest BCUT2D eigenvalue weighted by atomic mass is 9.88. The molecule has 2 aliphatic heterocycles. The standard InChI is InChI=1S/C18H22N4O2/c23-17(16-7-9-19-21-16)22-10-4-8-18(13-22)11-15(12-24-18)20-14-5-2-1-3-6-14/h1-3,5-7,9,15,20H,4,8,10-13H2,(H,19,21)/t15-,18-/m1/s1. The van der Waals surface area contributed by atoms with Gasteiger partial charge in [0.15, 0.2) is 0 Å². The van der Waals surface area contributed by atoms with Crippen LogP contribution in [0.1, 0.15) is 29.8 Å². The third kappa shape index (κ3) is 3.01. The molecule has 24 heavy (non-hydrogen) atoms. The topological polar surface area (TPSA) is 70.2 Å². The highest BCUT2D eigenvalue weighted by Gasteiger charge is 2.44. The highest BCUT2D eigenvalue weighted by molar-refractivity contribution is 5.92. The smallest absolute Gasteiger partial charge is 0.271 e. The maximum Gasteiger partial charge on any atom is 0.271 e. The summed E-state index contributed by atoms with van der Waals surface area (Å²) in [5.74, 6) is 0.00893. The van der Waals surface area contributed by atoms with Crippen LogP contribution in [-0.2, 0) is 4.74 Å². The number of rotatable bonds is 3. The van der Waals surface area contributed by atoms with Crippen LogP contribution < -0.4 is 5.32 Å². The van der Waals surface area contributed by atoms with Gasteiger partial charge in [-0.05, 0) is 31.0 Å². The zero-order valence-corrected chi connectivity index (χ0v) is 13.6. The van der Waals surface area contributed by atoms with Crippen LogP contribution in [0.4, 0.5) is 5.69 Å². The first-order valence-electron chi connectivity index (χ1n) is 8.48. The van der Waals surface area contributed by atoms with E-state index in [1.807, 2.05) is 23.1 Å². The largest absolute Gasteiger partial charge is 0.380 e. The molecular weight excluding hydrogens is 304 g/mol. The summed E-state index contributed by atoms with van der Waals surface area (Å²) < 4.78 is 6.18. The van der Waals surface area contributed by atoms with Crippen LogP contribution in [0, 0.1) is 0 Å². The molecule has 126 valence electrons. The molecule has 1 amide bonds. The molecule has 0 radical (unpaired) electrons. The Hall–Kier alpha value is -2.34. The summed E-state index contributed by atoms with van der Waals surface area (Å²) in [6.07, 6.45) is 4.51. The molecule has 6 heteroatoms. The SMILES string of the molecule is O=C(c1ccn[nH]1)N1CCC[C@@]2(C[C@@H](Nc3ccccc3)CO2)C1. The Morgan fingerprint density at radius 1 is 1.33 bits per heavy atom. The number of nitrogens with zero attached hydrogens (tertiary/aromatic N) is 2. The molecule has 2 saturated heterocycles. The first-order valence-corrected chi connectivity index (χ1v) is 8.48. The van der Waals surface area contributed by atoms with Gasteiger partial charge in [-0.25, -0.2) is 0 Å². The average molecular weight is 326 g/mol. The maximum absolute atomic E-state index is 12.6. The van der Waals surface area contributed by atoms with Gasteiger partial charge in [-0.1, -0.05) is 18.2 Å². The summed E-state index contributed by atoms with van der Waals surface area (Å²) in [4.78, 5) is 14.4. The first kappa shape index (κ1) is 15.2. The van der Waals surface area contributed by atoms with Crippen LogP contribution in [0.25, 0.3) is 0 Å². The highest BCUT2D eigenvalue weighted by atomic mass is 16.5. The molecular formula is C18H22N4O2. The normalized spacial score (nSPS) is 26.7. The molecule has 0 bridgehead atoms. The van der Waals surface area contributed by atoms with Crippen LogP contribution >= 0.6 is 0 Å². The summed E-state index contributed by atoms with van der Waals surface area (Å²) in [5, 5.41) is 10.2. The number of aromatic nitrogens is 2. The number of ether oxygens (including phenoxy) is 1. The molecule has 3 heterocycles. The van der Waals surface area contributed by atoms with Gasteiger partial charge >= 0.3 is 0 Å². The van der Waals surface area contributed by atoms with E-state index in [0.717, 1.165) is 31.5 Å². The van der Waals surface area contributed by atoms with Gasteiger partial charge in [0.2, 0.25) is 0 Å². The van der Waals surface area contributed by atoms with Gasteiger partial charge < -0.3 is 15.0 Å². The van der Waals surface area contributed by atoms with E-state index < -0.39 is 0 Å². The van der Waals surface area contributed by atoms with E-state index in [-0.39, 0.29) is 17.6 Å². The number of hydrogen-bond acceptors (Lipinski definition) is 4. The molecule has 6 nitrogen and oxygen atoms in total. The van der Waals surface area contributed by atoms with Crippen LogP contribution in [0.5, 0.6) is 0 Å². The van der Waals surface area contributed by atoms with Crippen molar-refractivity contribution < 1.29 is 9.53 Å². The number of carbonyl (C=O) groups is 1. The molecule has 1 aromatic heterocycles. The molecule has 0 aliphatic carbocycles. The Labute approximate surface area is 141 Å². The van der Waals surface area contributed by atoms with Crippen molar-refractivity contribution in [2.45, 2.75) is 30.9 Å². The number of piperidine rings is 1. The number of H-pyrrole nitrogens is 1. The Balaban J connectivity index is 1.41. The summed E-state index contributed by atoms with van der Waals surface area (Å²) in [5.41, 5.74) is 1.44. The monoisotopic (exact) mass is 326 g/mol. The quantitative estimate of drug-likeness (QED) is 0.908. The number of anilines is 1. The number of benzene rings is 1. The number of hydrogen-bond donors (Lipinski definition) is 2. The molecule has 1 spiro atoms. The highest BCUT2D eigenvalue weighted by Crippen LogP contribution is 2.36. The number of aromatic amines is 1. The minimum atomic E-state index is -0.222. The molecule has 2 aromatic rings. The second-order valence-electron chi connectivity index (χ2n) is 6.71. The van der Waals surface area contributed by atoms with Gasteiger partial charge in [0.05, 0.1) is 24.8 Å². The van der Waals surface area contributed by atoms with Crippen molar-refractivity contribution in [2.24, 2.45) is 0 Å². The van der Waals surface area contributed by atoms with Crippen molar-refractivity contribution in [1.82, 2.24) is 15.1 Å². The molecule has 4 rings (SSSR count). The molecule has 0 unspecified atom stereocenters. The summed E-state index contributed by atoms with van der Waals surface area (Å²) in [6.45, 7) is 2.11. The van der Waals surface area contributed by atoms with Gasteiger partial charge in [-0.15, -0.1) is 0 Å². The van der Waals surface area contributed by atoms with Crippen molar-refractivity contribution in [1.29, 1.82) is 0 Å². The lowest BCUT2D eigenvalue weighted by Gasteiger charge is -2.39.